The fraction of sp³-hybridized carbons (Fsp3) is 0.500. The summed E-state index contributed by atoms with van der Waals surface area (Å²) in [6.07, 6.45) is 1.10. The fourth-order valence-corrected chi connectivity index (χ4v) is 4.59. The quantitative estimate of drug-likeness (QED) is 0.584. The predicted octanol–water partition coefficient (Wildman–Crippen LogP) is 1.50. The van der Waals surface area contributed by atoms with Crippen LogP contribution in [0, 0.1) is 0 Å². The van der Waals surface area contributed by atoms with Crippen LogP contribution in [0.15, 0.2) is 18.2 Å². The van der Waals surface area contributed by atoms with Crippen molar-refractivity contribution in [3.8, 4) is 0 Å². The van der Waals surface area contributed by atoms with Crippen molar-refractivity contribution < 1.29 is 22.7 Å². The van der Waals surface area contributed by atoms with Crippen molar-refractivity contribution in [1.82, 2.24) is 4.90 Å². The van der Waals surface area contributed by atoms with Gasteiger partial charge in [-0.3, -0.25) is 4.79 Å². The van der Waals surface area contributed by atoms with Crippen molar-refractivity contribution in [3.05, 3.63) is 28.8 Å². The number of ether oxygens (including phenoxy) is 1. The van der Waals surface area contributed by atoms with Gasteiger partial charge < -0.3 is 15.4 Å². The van der Waals surface area contributed by atoms with Gasteiger partial charge in [0.15, 0.2) is 16.4 Å². The Bertz CT molecular complexity index is 766. The molecular formula is C16H21ClN2O5S. The van der Waals surface area contributed by atoms with Crippen LogP contribution in [0.4, 0.5) is 5.69 Å². The van der Waals surface area contributed by atoms with E-state index in [9.17, 15) is 18.0 Å². The highest BCUT2D eigenvalue weighted by Crippen LogP contribution is 2.21. The molecular weight excluding hydrogens is 368 g/mol. The van der Waals surface area contributed by atoms with Crippen LogP contribution in [0.3, 0.4) is 0 Å². The number of nitrogens with zero attached hydrogens (tertiary/aromatic N) is 1. The molecule has 1 saturated heterocycles. The van der Waals surface area contributed by atoms with Gasteiger partial charge in [0, 0.05) is 12.6 Å². The molecule has 0 aliphatic carbocycles. The van der Waals surface area contributed by atoms with Gasteiger partial charge in [0.05, 0.1) is 27.8 Å². The summed E-state index contributed by atoms with van der Waals surface area (Å²) in [7, 11) is -3.10. The van der Waals surface area contributed by atoms with Crippen molar-refractivity contribution in [2.24, 2.45) is 0 Å². The maximum atomic E-state index is 12.4. The van der Waals surface area contributed by atoms with Crippen LogP contribution in [0.25, 0.3) is 0 Å². The highest BCUT2D eigenvalue weighted by atomic mass is 35.5. The summed E-state index contributed by atoms with van der Waals surface area (Å²) in [6, 6.07) is 3.95. The molecule has 0 spiro atoms. The SMILES string of the molecule is CCCN(C(=O)COC(=O)c1ccc(Cl)c(N)c1)[C@H]1CCS(=O)(=O)C1. The Morgan fingerprint density at radius 1 is 1.40 bits per heavy atom. The summed E-state index contributed by atoms with van der Waals surface area (Å²) in [6.45, 7) is 1.87. The molecule has 9 heteroatoms. The summed E-state index contributed by atoms with van der Waals surface area (Å²) in [4.78, 5) is 25.9. The molecule has 1 aliphatic heterocycles. The zero-order valence-corrected chi connectivity index (χ0v) is 15.5. The van der Waals surface area contributed by atoms with Gasteiger partial charge in [-0.05, 0) is 31.0 Å². The third kappa shape index (κ3) is 5.09. The number of benzene rings is 1. The summed E-state index contributed by atoms with van der Waals surface area (Å²) < 4.78 is 28.3. The first kappa shape index (κ1) is 19.5. The monoisotopic (exact) mass is 388 g/mol. The van der Waals surface area contributed by atoms with Crippen LogP contribution >= 0.6 is 11.6 Å². The third-order valence-electron chi connectivity index (χ3n) is 3.99. The molecule has 0 unspecified atom stereocenters. The first-order chi connectivity index (χ1) is 11.7. The number of carbonyl (C=O) groups is 2. The summed E-state index contributed by atoms with van der Waals surface area (Å²) in [5.74, 6) is -1.05. The number of amides is 1. The van der Waals surface area contributed by atoms with Crippen molar-refractivity contribution in [3.63, 3.8) is 0 Å². The number of esters is 1. The maximum Gasteiger partial charge on any atom is 0.338 e. The van der Waals surface area contributed by atoms with Crippen molar-refractivity contribution in [1.29, 1.82) is 0 Å². The Balaban J connectivity index is 1.98. The predicted molar refractivity (Wildman–Crippen MR) is 95.2 cm³/mol. The fourth-order valence-electron chi connectivity index (χ4n) is 2.74. The van der Waals surface area contributed by atoms with Gasteiger partial charge in [-0.2, -0.15) is 0 Å². The number of hydrogen-bond acceptors (Lipinski definition) is 6. The van der Waals surface area contributed by atoms with Crippen molar-refractivity contribution >= 4 is 39.0 Å². The van der Waals surface area contributed by atoms with Crippen LogP contribution in [0.1, 0.15) is 30.1 Å². The van der Waals surface area contributed by atoms with Crippen LogP contribution in [0.5, 0.6) is 0 Å². The van der Waals surface area contributed by atoms with E-state index in [2.05, 4.69) is 0 Å². The van der Waals surface area contributed by atoms with E-state index in [-0.39, 0.29) is 28.8 Å². The van der Waals surface area contributed by atoms with Gasteiger partial charge in [0.1, 0.15) is 0 Å². The minimum absolute atomic E-state index is 0.0413. The molecule has 7 nitrogen and oxygen atoms in total. The maximum absolute atomic E-state index is 12.4. The average molecular weight is 389 g/mol. The lowest BCUT2D eigenvalue weighted by atomic mass is 10.2. The lowest BCUT2D eigenvalue weighted by molar-refractivity contribution is -0.136. The van der Waals surface area contributed by atoms with E-state index in [0.29, 0.717) is 24.4 Å². The number of carbonyl (C=O) groups excluding carboxylic acids is 2. The van der Waals surface area contributed by atoms with Crippen LogP contribution in [-0.4, -0.2) is 55.9 Å². The van der Waals surface area contributed by atoms with Gasteiger partial charge >= 0.3 is 5.97 Å². The molecule has 1 heterocycles. The minimum atomic E-state index is -3.10. The highest BCUT2D eigenvalue weighted by Gasteiger charge is 2.34. The second-order valence-corrected chi connectivity index (χ2v) is 8.59. The minimum Gasteiger partial charge on any atom is -0.452 e. The molecule has 1 aromatic rings. The van der Waals surface area contributed by atoms with Gasteiger partial charge in [-0.15, -0.1) is 0 Å². The van der Waals surface area contributed by atoms with E-state index in [4.69, 9.17) is 22.1 Å². The van der Waals surface area contributed by atoms with E-state index in [1.165, 1.54) is 23.1 Å². The van der Waals surface area contributed by atoms with Crippen LogP contribution in [0.2, 0.25) is 5.02 Å². The number of nitrogen functional groups attached to an aromatic ring is 1. The Kier molecular flexibility index (Phi) is 6.29. The molecule has 25 heavy (non-hydrogen) atoms. The van der Waals surface area contributed by atoms with E-state index >= 15 is 0 Å². The van der Waals surface area contributed by atoms with Gasteiger partial charge in [0.2, 0.25) is 0 Å². The lowest BCUT2D eigenvalue weighted by Crippen LogP contribution is -2.43. The Hall–Kier alpha value is -1.80. The smallest absolute Gasteiger partial charge is 0.338 e. The van der Waals surface area contributed by atoms with E-state index in [0.717, 1.165) is 0 Å². The molecule has 1 aliphatic rings. The zero-order valence-electron chi connectivity index (χ0n) is 13.9. The van der Waals surface area contributed by atoms with E-state index < -0.39 is 28.3 Å². The Labute approximate surface area is 152 Å². The van der Waals surface area contributed by atoms with Crippen molar-refractivity contribution in [2.75, 3.05) is 30.4 Å². The van der Waals surface area contributed by atoms with Gasteiger partial charge in [0.25, 0.3) is 5.91 Å². The summed E-state index contributed by atoms with van der Waals surface area (Å²) in [5.41, 5.74) is 6.08. The average Bonchev–Trinajstić information content (AvgIpc) is 2.92. The van der Waals surface area contributed by atoms with Crippen LogP contribution < -0.4 is 5.73 Å². The molecule has 0 aromatic heterocycles. The molecule has 1 amide bonds. The molecule has 1 atom stereocenters. The first-order valence-corrected chi connectivity index (χ1v) is 10.2. The molecule has 0 radical (unpaired) electrons. The Morgan fingerprint density at radius 3 is 2.68 bits per heavy atom. The summed E-state index contributed by atoms with van der Waals surface area (Å²) in [5, 5.41) is 0.323. The zero-order chi connectivity index (χ0) is 18.6. The molecule has 0 bridgehead atoms. The number of sulfone groups is 1. The van der Waals surface area contributed by atoms with E-state index in [1.54, 1.807) is 0 Å². The highest BCUT2D eigenvalue weighted by molar-refractivity contribution is 7.91. The number of nitrogens with two attached hydrogens (primary N) is 1. The van der Waals surface area contributed by atoms with Gasteiger partial charge in [-0.1, -0.05) is 18.5 Å². The number of hydrogen-bond donors (Lipinski definition) is 1. The summed E-state index contributed by atoms with van der Waals surface area (Å²) >= 11 is 5.80. The molecule has 2 N–H and O–H groups in total. The van der Waals surface area contributed by atoms with E-state index in [1.807, 2.05) is 6.92 Å². The van der Waals surface area contributed by atoms with Gasteiger partial charge in [-0.25, -0.2) is 13.2 Å². The number of rotatable bonds is 6. The molecule has 138 valence electrons. The van der Waals surface area contributed by atoms with Crippen molar-refractivity contribution in [2.45, 2.75) is 25.8 Å². The lowest BCUT2D eigenvalue weighted by Gasteiger charge is -2.27. The first-order valence-electron chi connectivity index (χ1n) is 7.95. The molecule has 1 fully saturated rings. The number of anilines is 1. The molecule has 0 saturated carbocycles. The third-order valence-corrected chi connectivity index (χ3v) is 6.09. The largest absolute Gasteiger partial charge is 0.452 e. The normalized spacial score (nSPS) is 18.7. The Morgan fingerprint density at radius 2 is 2.12 bits per heavy atom. The van der Waals surface area contributed by atoms with Crippen LogP contribution in [-0.2, 0) is 19.4 Å². The standard InChI is InChI=1S/C16H21ClN2O5S/c1-2-6-19(12-5-7-25(22,23)10-12)15(20)9-24-16(21)11-3-4-13(17)14(18)8-11/h3-4,8,12H,2,5-7,9-10,18H2,1H3/t12-/m0/s1. The topological polar surface area (TPSA) is 107 Å². The molecule has 1 aromatic carbocycles. The second kappa shape index (κ2) is 8.05. The number of halogens is 1. The second-order valence-electron chi connectivity index (χ2n) is 5.96. The molecule has 2 rings (SSSR count).